The van der Waals surface area contributed by atoms with E-state index in [4.69, 9.17) is 10.7 Å². The molecule has 0 heterocycles. The summed E-state index contributed by atoms with van der Waals surface area (Å²) in [5.41, 5.74) is 0.0572. The van der Waals surface area contributed by atoms with Gasteiger partial charge in [-0.1, -0.05) is 0 Å². The molecule has 0 amide bonds. The van der Waals surface area contributed by atoms with Gasteiger partial charge in [-0.25, -0.2) is 17.2 Å². The summed E-state index contributed by atoms with van der Waals surface area (Å²) < 4.78 is 47.6. The number of rotatable bonds is 3. The van der Waals surface area contributed by atoms with Gasteiger partial charge in [-0.05, 0) is 43.0 Å². The summed E-state index contributed by atoms with van der Waals surface area (Å²) in [6.07, 6.45) is 0.728. The molecule has 16 heavy (non-hydrogen) atoms. The van der Waals surface area contributed by atoms with Gasteiger partial charge in [-0.2, -0.15) is 0 Å². The van der Waals surface area contributed by atoms with E-state index in [-0.39, 0.29) is 12.0 Å². The Morgan fingerprint density at radius 3 is 2.44 bits per heavy atom. The quantitative estimate of drug-likeness (QED) is 0.788. The van der Waals surface area contributed by atoms with Crippen LogP contribution in [-0.2, 0) is 15.5 Å². The van der Waals surface area contributed by atoms with E-state index in [1.807, 2.05) is 0 Å². The van der Waals surface area contributed by atoms with Crippen molar-refractivity contribution in [3.05, 3.63) is 35.4 Å². The zero-order valence-electron chi connectivity index (χ0n) is 8.21. The number of halogens is 3. The maximum atomic E-state index is 13.3. The molecule has 2 rings (SSSR count). The Labute approximate surface area is 96.6 Å². The lowest BCUT2D eigenvalue weighted by atomic mass is 10.1. The Morgan fingerprint density at radius 1 is 1.31 bits per heavy atom. The fourth-order valence-electron chi connectivity index (χ4n) is 1.67. The van der Waals surface area contributed by atoms with Gasteiger partial charge in [-0.3, -0.25) is 0 Å². The van der Waals surface area contributed by atoms with Crippen molar-refractivity contribution in [2.75, 3.05) is 0 Å². The predicted molar refractivity (Wildman–Crippen MR) is 56.8 cm³/mol. The summed E-state index contributed by atoms with van der Waals surface area (Å²) in [7, 11) is 1.55. The van der Waals surface area contributed by atoms with Crippen LogP contribution < -0.4 is 0 Å². The largest absolute Gasteiger partial charge is 0.238 e. The lowest BCUT2D eigenvalue weighted by Gasteiger charge is -2.11. The van der Waals surface area contributed by atoms with Crippen molar-refractivity contribution in [2.24, 2.45) is 0 Å². The van der Waals surface area contributed by atoms with Crippen molar-refractivity contribution in [3.8, 4) is 0 Å². The van der Waals surface area contributed by atoms with Gasteiger partial charge in [0.2, 0.25) is 9.05 Å². The van der Waals surface area contributed by atoms with Gasteiger partial charge in [0.1, 0.15) is 11.6 Å². The molecule has 6 heteroatoms. The van der Waals surface area contributed by atoms with E-state index >= 15 is 0 Å². The highest BCUT2D eigenvalue weighted by Crippen LogP contribution is 2.48. The first-order valence-electron chi connectivity index (χ1n) is 4.72. The smallest absolute Gasteiger partial charge is 0.212 e. The van der Waals surface area contributed by atoms with Crippen LogP contribution in [0.1, 0.15) is 18.4 Å². The maximum absolute atomic E-state index is 13.3. The van der Waals surface area contributed by atoms with Crippen LogP contribution in [0.4, 0.5) is 8.78 Å². The molecule has 0 saturated heterocycles. The van der Waals surface area contributed by atoms with Gasteiger partial charge in [0, 0.05) is 10.7 Å². The number of hydrogen-bond donors (Lipinski definition) is 0. The molecular formula is C10H9ClF2O2S. The zero-order chi connectivity index (χ0) is 12.0. The second kappa shape index (κ2) is 3.67. The van der Waals surface area contributed by atoms with Crippen LogP contribution in [0.3, 0.4) is 0 Å². The molecule has 0 aromatic heterocycles. The first-order chi connectivity index (χ1) is 7.34. The van der Waals surface area contributed by atoms with E-state index in [1.54, 1.807) is 0 Å². The summed E-state index contributed by atoms with van der Waals surface area (Å²) in [6, 6.07) is 2.99. The molecule has 0 spiro atoms. The summed E-state index contributed by atoms with van der Waals surface area (Å²) in [4.78, 5) is 0. The van der Waals surface area contributed by atoms with E-state index in [0.717, 1.165) is 18.2 Å². The van der Waals surface area contributed by atoms with Crippen LogP contribution in [0.5, 0.6) is 0 Å². The lowest BCUT2D eigenvalue weighted by molar-refractivity contribution is 0.568. The van der Waals surface area contributed by atoms with Crippen LogP contribution in [0.25, 0.3) is 0 Å². The molecule has 0 N–H and O–H groups in total. The average Bonchev–Trinajstić information content (AvgIpc) is 2.91. The first kappa shape index (κ1) is 11.8. The molecule has 1 aliphatic rings. The molecule has 0 bridgehead atoms. The fourth-order valence-corrected chi connectivity index (χ4v) is 3.22. The van der Waals surface area contributed by atoms with E-state index in [9.17, 15) is 17.2 Å². The normalized spacial score (nSPS) is 18.4. The number of benzene rings is 1. The van der Waals surface area contributed by atoms with Crippen molar-refractivity contribution in [3.63, 3.8) is 0 Å². The van der Waals surface area contributed by atoms with Crippen molar-refractivity contribution < 1.29 is 17.2 Å². The van der Waals surface area contributed by atoms with Crippen LogP contribution in [-0.4, -0.2) is 13.2 Å². The summed E-state index contributed by atoms with van der Waals surface area (Å²) in [5, 5.41) is 0. The summed E-state index contributed by atoms with van der Waals surface area (Å²) in [5.74, 6) is -1.19. The second-order valence-electron chi connectivity index (χ2n) is 4.03. The van der Waals surface area contributed by atoms with Crippen molar-refractivity contribution >= 4 is 19.7 Å². The van der Waals surface area contributed by atoms with Gasteiger partial charge in [0.25, 0.3) is 0 Å². The van der Waals surface area contributed by atoms with Gasteiger partial charge in [0.15, 0.2) is 0 Å². The molecular weight excluding hydrogens is 258 g/mol. The molecule has 0 unspecified atom stereocenters. The summed E-state index contributed by atoms with van der Waals surface area (Å²) >= 11 is 0. The van der Waals surface area contributed by atoms with Gasteiger partial charge in [-0.15, -0.1) is 0 Å². The Bertz CT molecular complexity index is 524. The highest BCUT2D eigenvalue weighted by molar-refractivity contribution is 8.15. The minimum Gasteiger partial charge on any atom is -0.212 e. The fraction of sp³-hybridized carbons (Fsp3) is 0.400. The number of hydrogen-bond acceptors (Lipinski definition) is 2. The Morgan fingerprint density at radius 2 is 1.94 bits per heavy atom. The van der Waals surface area contributed by atoms with Gasteiger partial charge in [0.05, 0.1) is 4.75 Å². The topological polar surface area (TPSA) is 34.1 Å². The third-order valence-electron chi connectivity index (χ3n) is 2.85. The maximum Gasteiger partial charge on any atom is 0.238 e. The average molecular weight is 267 g/mol. The highest BCUT2D eigenvalue weighted by Gasteiger charge is 2.53. The molecule has 0 aliphatic heterocycles. The Hall–Kier alpha value is -0.680. The molecule has 0 radical (unpaired) electrons. The van der Waals surface area contributed by atoms with E-state index in [1.165, 1.54) is 0 Å². The molecule has 88 valence electrons. The van der Waals surface area contributed by atoms with Gasteiger partial charge >= 0.3 is 0 Å². The predicted octanol–water partition coefficient (Wildman–Crippen LogP) is 2.61. The van der Waals surface area contributed by atoms with Crippen molar-refractivity contribution in [2.45, 2.75) is 24.0 Å². The van der Waals surface area contributed by atoms with E-state index in [2.05, 4.69) is 0 Å². The third kappa shape index (κ3) is 2.06. The minimum absolute atomic E-state index is 0.0572. The monoisotopic (exact) mass is 266 g/mol. The second-order valence-corrected chi connectivity index (χ2v) is 6.99. The Balaban J connectivity index is 2.32. The lowest BCUT2D eigenvalue weighted by Crippen LogP contribution is -2.21. The van der Waals surface area contributed by atoms with Crippen LogP contribution >= 0.6 is 10.7 Å². The first-order valence-corrected chi connectivity index (χ1v) is 7.03. The van der Waals surface area contributed by atoms with Gasteiger partial charge < -0.3 is 0 Å². The standard InChI is InChI=1S/C10H9ClF2O2S/c11-16(14,15)10(3-4-10)6-7-5-8(12)1-2-9(7)13/h1-2,5H,3-4,6H2. The minimum atomic E-state index is -3.74. The van der Waals surface area contributed by atoms with E-state index in [0.29, 0.717) is 12.8 Å². The third-order valence-corrected chi connectivity index (χ3v) is 5.41. The molecule has 1 fully saturated rings. The molecule has 2 nitrogen and oxygen atoms in total. The van der Waals surface area contributed by atoms with Crippen molar-refractivity contribution in [1.82, 2.24) is 0 Å². The van der Waals surface area contributed by atoms with Crippen LogP contribution in [0, 0.1) is 11.6 Å². The Kier molecular flexibility index (Phi) is 2.70. The summed E-state index contributed by atoms with van der Waals surface area (Å²) in [6.45, 7) is 0. The molecule has 0 atom stereocenters. The molecule has 1 aliphatic carbocycles. The van der Waals surface area contributed by atoms with Crippen LogP contribution in [0.15, 0.2) is 18.2 Å². The van der Waals surface area contributed by atoms with E-state index < -0.39 is 25.4 Å². The molecule has 1 saturated carbocycles. The zero-order valence-corrected chi connectivity index (χ0v) is 9.78. The SMILES string of the molecule is O=S(=O)(Cl)C1(Cc2cc(F)ccc2F)CC1. The molecule has 1 aromatic carbocycles. The van der Waals surface area contributed by atoms with Crippen molar-refractivity contribution in [1.29, 1.82) is 0 Å². The van der Waals surface area contributed by atoms with Crippen LogP contribution in [0.2, 0.25) is 0 Å². The molecule has 1 aromatic rings. The highest BCUT2D eigenvalue weighted by atomic mass is 35.7.